The first kappa shape index (κ1) is 14.0. The largest absolute Gasteiger partial charge is 0.356 e. The van der Waals surface area contributed by atoms with E-state index in [-0.39, 0.29) is 11.4 Å². The van der Waals surface area contributed by atoms with Crippen LogP contribution in [0.2, 0.25) is 0 Å². The van der Waals surface area contributed by atoms with Gasteiger partial charge in [0.2, 0.25) is 5.91 Å². The van der Waals surface area contributed by atoms with Gasteiger partial charge in [-0.25, -0.2) is 9.67 Å². The van der Waals surface area contributed by atoms with Crippen LogP contribution in [0.4, 0.5) is 0 Å². The zero-order valence-corrected chi connectivity index (χ0v) is 12.4. The van der Waals surface area contributed by atoms with Crippen molar-refractivity contribution in [3.05, 3.63) is 11.6 Å². The highest BCUT2D eigenvalue weighted by atomic mass is 16.1. The van der Waals surface area contributed by atoms with Gasteiger partial charge in [-0.1, -0.05) is 0 Å². The highest BCUT2D eigenvalue weighted by molar-refractivity contribution is 5.72. The normalized spacial score (nSPS) is 15.6. The van der Waals surface area contributed by atoms with Crippen molar-refractivity contribution in [1.82, 2.24) is 20.1 Å². The Morgan fingerprint density at radius 3 is 2.63 bits per heavy atom. The lowest BCUT2D eigenvalue weighted by Gasteiger charge is -2.21. The van der Waals surface area contributed by atoms with Crippen LogP contribution in [-0.2, 0) is 16.8 Å². The molecule has 1 aliphatic rings. The SMILES string of the molecule is CC(=O)NCCCc1nc(C2CC2)nn1C(C)(C)C. The Labute approximate surface area is 114 Å². The molecule has 0 atom stereocenters. The predicted octanol–water partition coefficient (Wildman–Crippen LogP) is 1.98. The summed E-state index contributed by atoms with van der Waals surface area (Å²) in [6.07, 6.45) is 4.20. The second-order valence-corrected chi connectivity index (χ2v) is 6.33. The van der Waals surface area contributed by atoms with Crippen LogP contribution in [0.25, 0.3) is 0 Å². The van der Waals surface area contributed by atoms with E-state index >= 15 is 0 Å². The molecule has 0 aliphatic heterocycles. The lowest BCUT2D eigenvalue weighted by atomic mass is 10.1. The van der Waals surface area contributed by atoms with Crippen molar-refractivity contribution in [2.45, 2.75) is 64.8 Å². The summed E-state index contributed by atoms with van der Waals surface area (Å²) in [4.78, 5) is 15.5. The second-order valence-electron chi connectivity index (χ2n) is 6.33. The number of nitrogens with zero attached hydrogens (tertiary/aromatic N) is 3. The average Bonchev–Trinajstić information content (AvgIpc) is 3.04. The Kier molecular flexibility index (Phi) is 3.92. The van der Waals surface area contributed by atoms with E-state index in [1.54, 1.807) is 6.92 Å². The molecule has 1 amide bonds. The van der Waals surface area contributed by atoms with Crippen LogP contribution in [0.3, 0.4) is 0 Å². The predicted molar refractivity (Wildman–Crippen MR) is 74.0 cm³/mol. The molecule has 1 aromatic heterocycles. The molecule has 106 valence electrons. The van der Waals surface area contributed by atoms with E-state index in [0.717, 1.165) is 24.5 Å². The summed E-state index contributed by atoms with van der Waals surface area (Å²) in [7, 11) is 0. The van der Waals surface area contributed by atoms with Crippen LogP contribution in [0, 0.1) is 0 Å². The van der Waals surface area contributed by atoms with Crippen molar-refractivity contribution in [2.75, 3.05) is 6.54 Å². The minimum absolute atomic E-state index is 0.0240. The summed E-state index contributed by atoms with van der Waals surface area (Å²) in [5.74, 6) is 2.65. The van der Waals surface area contributed by atoms with E-state index in [2.05, 4.69) is 35.9 Å². The third-order valence-electron chi connectivity index (χ3n) is 3.22. The third kappa shape index (κ3) is 3.78. The maximum Gasteiger partial charge on any atom is 0.216 e. The van der Waals surface area contributed by atoms with Crippen LogP contribution in [-0.4, -0.2) is 27.2 Å². The minimum Gasteiger partial charge on any atom is -0.356 e. The summed E-state index contributed by atoms with van der Waals surface area (Å²) in [6, 6.07) is 0. The summed E-state index contributed by atoms with van der Waals surface area (Å²) >= 11 is 0. The van der Waals surface area contributed by atoms with Gasteiger partial charge in [-0.3, -0.25) is 4.79 Å². The zero-order valence-electron chi connectivity index (χ0n) is 12.4. The van der Waals surface area contributed by atoms with E-state index in [1.807, 2.05) is 0 Å². The lowest BCUT2D eigenvalue weighted by molar-refractivity contribution is -0.118. The molecule has 5 heteroatoms. The number of rotatable bonds is 5. The van der Waals surface area contributed by atoms with Crippen molar-refractivity contribution >= 4 is 5.91 Å². The van der Waals surface area contributed by atoms with Crippen LogP contribution >= 0.6 is 0 Å². The van der Waals surface area contributed by atoms with Crippen molar-refractivity contribution in [3.63, 3.8) is 0 Å². The van der Waals surface area contributed by atoms with E-state index in [9.17, 15) is 4.79 Å². The maximum atomic E-state index is 10.8. The van der Waals surface area contributed by atoms with Gasteiger partial charge in [0, 0.05) is 25.8 Å². The highest BCUT2D eigenvalue weighted by Gasteiger charge is 2.30. The van der Waals surface area contributed by atoms with Gasteiger partial charge in [0.25, 0.3) is 0 Å². The number of nitrogens with one attached hydrogen (secondary N) is 1. The second kappa shape index (κ2) is 5.31. The number of aromatic nitrogens is 3. The van der Waals surface area contributed by atoms with Gasteiger partial charge in [0.1, 0.15) is 5.82 Å². The lowest BCUT2D eigenvalue weighted by Crippen LogP contribution is -2.26. The Morgan fingerprint density at radius 1 is 1.42 bits per heavy atom. The molecular formula is C14H24N4O. The van der Waals surface area contributed by atoms with Crippen LogP contribution in [0.5, 0.6) is 0 Å². The monoisotopic (exact) mass is 264 g/mol. The first-order chi connectivity index (χ1) is 8.88. The molecule has 0 saturated heterocycles. The van der Waals surface area contributed by atoms with Gasteiger partial charge >= 0.3 is 0 Å². The van der Waals surface area contributed by atoms with Gasteiger partial charge in [0.05, 0.1) is 5.54 Å². The van der Waals surface area contributed by atoms with Crippen molar-refractivity contribution in [2.24, 2.45) is 0 Å². The summed E-state index contributed by atoms with van der Waals surface area (Å²) in [5.41, 5.74) is -0.0382. The number of hydrogen-bond donors (Lipinski definition) is 1. The van der Waals surface area contributed by atoms with Crippen molar-refractivity contribution in [1.29, 1.82) is 0 Å². The Morgan fingerprint density at radius 2 is 2.11 bits per heavy atom. The van der Waals surface area contributed by atoms with E-state index in [0.29, 0.717) is 12.5 Å². The fraction of sp³-hybridized carbons (Fsp3) is 0.786. The van der Waals surface area contributed by atoms with Gasteiger partial charge in [0.15, 0.2) is 5.82 Å². The standard InChI is InChI=1S/C14H24N4O/c1-10(19)15-9-5-6-12-16-13(11-7-8-11)17-18(12)14(2,3)4/h11H,5-9H2,1-4H3,(H,15,19). The highest BCUT2D eigenvalue weighted by Crippen LogP contribution is 2.38. The first-order valence-electron chi connectivity index (χ1n) is 7.08. The quantitative estimate of drug-likeness (QED) is 0.827. The molecule has 1 N–H and O–H groups in total. The van der Waals surface area contributed by atoms with Gasteiger partial charge in [-0.2, -0.15) is 5.10 Å². The number of carbonyl (C=O) groups excluding carboxylic acids is 1. The molecule has 2 rings (SSSR count). The molecule has 1 fully saturated rings. The number of carbonyl (C=O) groups is 1. The van der Waals surface area contributed by atoms with Gasteiger partial charge in [-0.15, -0.1) is 0 Å². The Bertz CT molecular complexity index is 455. The molecule has 5 nitrogen and oxygen atoms in total. The van der Waals surface area contributed by atoms with Gasteiger partial charge < -0.3 is 5.32 Å². The smallest absolute Gasteiger partial charge is 0.216 e. The molecule has 1 aromatic rings. The molecule has 0 spiro atoms. The van der Waals surface area contributed by atoms with Crippen molar-refractivity contribution < 1.29 is 4.79 Å². The van der Waals surface area contributed by atoms with Crippen LogP contribution in [0.15, 0.2) is 0 Å². The molecule has 0 radical (unpaired) electrons. The van der Waals surface area contributed by atoms with E-state index in [4.69, 9.17) is 4.98 Å². The fourth-order valence-corrected chi connectivity index (χ4v) is 2.09. The average molecular weight is 264 g/mol. The fourth-order valence-electron chi connectivity index (χ4n) is 2.09. The molecule has 0 bridgehead atoms. The molecule has 1 aliphatic carbocycles. The summed E-state index contributed by atoms with van der Waals surface area (Å²) < 4.78 is 2.05. The zero-order chi connectivity index (χ0) is 14.0. The molecule has 0 unspecified atom stereocenters. The molecule has 19 heavy (non-hydrogen) atoms. The Balaban J connectivity index is 2.02. The molecule has 1 saturated carbocycles. The van der Waals surface area contributed by atoms with E-state index < -0.39 is 0 Å². The molecule has 0 aromatic carbocycles. The third-order valence-corrected chi connectivity index (χ3v) is 3.22. The maximum absolute atomic E-state index is 10.8. The first-order valence-corrected chi connectivity index (χ1v) is 7.08. The minimum atomic E-state index is -0.0382. The van der Waals surface area contributed by atoms with Crippen LogP contribution < -0.4 is 5.32 Å². The molecule has 1 heterocycles. The van der Waals surface area contributed by atoms with E-state index in [1.165, 1.54) is 12.8 Å². The Hall–Kier alpha value is -1.39. The van der Waals surface area contributed by atoms with Crippen LogP contribution in [0.1, 0.15) is 64.5 Å². The van der Waals surface area contributed by atoms with Crippen molar-refractivity contribution in [3.8, 4) is 0 Å². The number of aryl methyl sites for hydroxylation is 1. The summed E-state index contributed by atoms with van der Waals surface area (Å²) in [6.45, 7) is 8.69. The summed E-state index contributed by atoms with van der Waals surface area (Å²) in [5, 5.41) is 7.50. The topological polar surface area (TPSA) is 59.8 Å². The number of hydrogen-bond acceptors (Lipinski definition) is 3. The molecular weight excluding hydrogens is 240 g/mol. The van der Waals surface area contributed by atoms with Gasteiger partial charge in [-0.05, 0) is 40.0 Å². The number of amides is 1.